The second kappa shape index (κ2) is 5.92. The third kappa shape index (κ3) is 3.39. The first-order valence-corrected chi connectivity index (χ1v) is 5.68. The molecule has 1 aromatic heterocycles. The summed E-state index contributed by atoms with van der Waals surface area (Å²) in [7, 11) is 0. The summed E-state index contributed by atoms with van der Waals surface area (Å²) in [5.41, 5.74) is 1.03. The van der Waals surface area contributed by atoms with Crippen LogP contribution in [0.1, 0.15) is 11.4 Å². The van der Waals surface area contributed by atoms with E-state index in [0.717, 1.165) is 24.4 Å². The van der Waals surface area contributed by atoms with Crippen molar-refractivity contribution in [3.8, 4) is 0 Å². The van der Waals surface area contributed by atoms with E-state index >= 15 is 0 Å². The molecular weight excluding hydrogens is 232 g/mol. The van der Waals surface area contributed by atoms with Gasteiger partial charge in [-0.3, -0.25) is 10.1 Å². The van der Waals surface area contributed by atoms with Gasteiger partial charge in [0.05, 0.1) is 4.92 Å². The summed E-state index contributed by atoms with van der Waals surface area (Å²) in [4.78, 5) is 17.4. The molecule has 0 aliphatic carbocycles. The lowest BCUT2D eigenvalue weighted by atomic mass is 10.2. The molecule has 94 valence electrons. The predicted octanol–water partition coefficient (Wildman–Crippen LogP) is 1.65. The highest BCUT2D eigenvalue weighted by Gasteiger charge is 2.04. The van der Waals surface area contributed by atoms with Crippen LogP contribution in [0.15, 0.2) is 36.7 Å². The maximum Gasteiger partial charge on any atom is 0.269 e. The molecule has 0 amide bonds. The van der Waals surface area contributed by atoms with Crippen molar-refractivity contribution in [1.29, 1.82) is 0 Å². The van der Waals surface area contributed by atoms with Gasteiger partial charge in [0.2, 0.25) is 0 Å². The summed E-state index contributed by atoms with van der Waals surface area (Å²) < 4.78 is 0. The van der Waals surface area contributed by atoms with E-state index in [2.05, 4.69) is 15.3 Å². The molecule has 0 atom stereocenters. The van der Waals surface area contributed by atoms with Gasteiger partial charge in [-0.25, -0.2) is 4.98 Å². The van der Waals surface area contributed by atoms with Gasteiger partial charge >= 0.3 is 0 Å². The van der Waals surface area contributed by atoms with E-state index in [0.29, 0.717) is 6.54 Å². The maximum absolute atomic E-state index is 10.6. The zero-order valence-electron chi connectivity index (χ0n) is 9.80. The Morgan fingerprint density at radius 3 is 3.06 bits per heavy atom. The molecule has 2 aromatic rings. The van der Waals surface area contributed by atoms with E-state index in [9.17, 15) is 10.1 Å². The second-order valence-corrected chi connectivity index (χ2v) is 3.89. The minimum Gasteiger partial charge on any atom is -0.349 e. The first-order valence-electron chi connectivity index (χ1n) is 5.68. The highest BCUT2D eigenvalue weighted by molar-refractivity contribution is 5.34. The van der Waals surface area contributed by atoms with Gasteiger partial charge in [0, 0.05) is 44.0 Å². The van der Waals surface area contributed by atoms with E-state index in [1.54, 1.807) is 24.5 Å². The third-order valence-electron chi connectivity index (χ3n) is 2.54. The van der Waals surface area contributed by atoms with Crippen LogP contribution in [0.3, 0.4) is 0 Å². The van der Waals surface area contributed by atoms with Crippen LogP contribution >= 0.6 is 0 Å². The maximum atomic E-state index is 10.6. The second-order valence-electron chi connectivity index (χ2n) is 3.89. The lowest BCUT2D eigenvalue weighted by Gasteiger charge is -2.03. The molecule has 18 heavy (non-hydrogen) atoms. The molecule has 0 saturated carbocycles. The summed E-state index contributed by atoms with van der Waals surface area (Å²) in [6, 6.07) is 6.64. The summed E-state index contributed by atoms with van der Waals surface area (Å²) >= 11 is 0. The number of nitro benzene ring substituents is 1. The number of non-ortho nitro benzene ring substituents is 1. The Morgan fingerprint density at radius 1 is 1.44 bits per heavy atom. The Morgan fingerprint density at radius 2 is 2.33 bits per heavy atom. The van der Waals surface area contributed by atoms with Crippen molar-refractivity contribution in [2.75, 3.05) is 6.54 Å². The number of nitro groups is 1. The lowest BCUT2D eigenvalue weighted by Crippen LogP contribution is -2.17. The Bertz CT molecular complexity index is 511. The molecule has 0 radical (unpaired) electrons. The van der Waals surface area contributed by atoms with Crippen LogP contribution in [0.25, 0.3) is 0 Å². The molecule has 2 N–H and O–H groups in total. The number of imidazole rings is 1. The molecule has 6 heteroatoms. The molecule has 0 aliphatic heterocycles. The molecule has 0 aliphatic rings. The molecule has 0 spiro atoms. The number of benzene rings is 1. The quantitative estimate of drug-likeness (QED) is 0.461. The molecule has 0 fully saturated rings. The number of hydrogen-bond acceptors (Lipinski definition) is 4. The van der Waals surface area contributed by atoms with Gasteiger partial charge in [-0.15, -0.1) is 0 Å². The van der Waals surface area contributed by atoms with Gasteiger partial charge in [0.25, 0.3) is 5.69 Å². The average Bonchev–Trinajstić information content (AvgIpc) is 2.88. The van der Waals surface area contributed by atoms with E-state index in [1.807, 2.05) is 6.07 Å². The fourth-order valence-electron chi connectivity index (χ4n) is 1.65. The van der Waals surface area contributed by atoms with Gasteiger partial charge in [0.15, 0.2) is 0 Å². The lowest BCUT2D eigenvalue weighted by molar-refractivity contribution is -0.384. The normalized spacial score (nSPS) is 10.4. The fraction of sp³-hybridized carbons (Fsp3) is 0.250. The Balaban J connectivity index is 1.79. The fourth-order valence-corrected chi connectivity index (χ4v) is 1.65. The SMILES string of the molecule is O=[N+]([O-])c1cccc(CNCCc2ncc[nH]2)c1. The standard InChI is InChI=1S/C12H14N4O2/c17-16(18)11-3-1-2-10(8-11)9-13-5-4-12-14-6-7-15-12/h1-3,6-8,13H,4-5,9H2,(H,14,15). The van der Waals surface area contributed by atoms with Crippen LogP contribution < -0.4 is 5.32 Å². The van der Waals surface area contributed by atoms with Crippen molar-refractivity contribution in [3.63, 3.8) is 0 Å². The molecule has 2 rings (SSSR count). The van der Waals surface area contributed by atoms with E-state index < -0.39 is 0 Å². The van der Waals surface area contributed by atoms with Crippen molar-refractivity contribution in [2.45, 2.75) is 13.0 Å². The molecule has 0 bridgehead atoms. The molecular formula is C12H14N4O2. The van der Waals surface area contributed by atoms with Crippen molar-refractivity contribution < 1.29 is 4.92 Å². The van der Waals surface area contributed by atoms with Gasteiger partial charge in [-0.2, -0.15) is 0 Å². The van der Waals surface area contributed by atoms with Gasteiger partial charge in [-0.1, -0.05) is 12.1 Å². The number of H-pyrrole nitrogens is 1. The number of nitrogens with one attached hydrogen (secondary N) is 2. The number of aromatic amines is 1. The molecule has 1 aromatic carbocycles. The van der Waals surface area contributed by atoms with Crippen LogP contribution in [0.5, 0.6) is 0 Å². The van der Waals surface area contributed by atoms with Gasteiger partial charge in [-0.05, 0) is 5.56 Å². The van der Waals surface area contributed by atoms with Crippen molar-refractivity contribution in [3.05, 3.63) is 58.2 Å². The van der Waals surface area contributed by atoms with Crippen LogP contribution in [-0.4, -0.2) is 21.4 Å². The summed E-state index contributed by atoms with van der Waals surface area (Å²) in [5, 5.41) is 13.8. The van der Waals surface area contributed by atoms with Crippen LogP contribution in [-0.2, 0) is 13.0 Å². The topological polar surface area (TPSA) is 83.8 Å². The molecule has 6 nitrogen and oxygen atoms in total. The first kappa shape index (κ1) is 12.3. The molecule has 0 unspecified atom stereocenters. The minimum absolute atomic E-state index is 0.125. The Labute approximate surface area is 104 Å². The Hall–Kier alpha value is -2.21. The average molecular weight is 246 g/mol. The molecule has 1 heterocycles. The smallest absolute Gasteiger partial charge is 0.269 e. The van der Waals surface area contributed by atoms with Crippen molar-refractivity contribution in [2.24, 2.45) is 0 Å². The van der Waals surface area contributed by atoms with Crippen LogP contribution in [0.4, 0.5) is 5.69 Å². The highest BCUT2D eigenvalue weighted by Crippen LogP contribution is 2.12. The predicted molar refractivity (Wildman–Crippen MR) is 67.1 cm³/mol. The monoisotopic (exact) mass is 246 g/mol. The van der Waals surface area contributed by atoms with E-state index in [-0.39, 0.29) is 10.6 Å². The van der Waals surface area contributed by atoms with Gasteiger partial charge in [0.1, 0.15) is 5.82 Å². The van der Waals surface area contributed by atoms with Crippen LogP contribution in [0.2, 0.25) is 0 Å². The minimum atomic E-state index is -0.383. The van der Waals surface area contributed by atoms with E-state index in [1.165, 1.54) is 6.07 Å². The third-order valence-corrected chi connectivity index (χ3v) is 2.54. The summed E-state index contributed by atoms with van der Waals surface area (Å²) in [6.07, 6.45) is 4.31. The number of nitrogens with zero attached hydrogens (tertiary/aromatic N) is 2. The zero-order valence-corrected chi connectivity index (χ0v) is 9.80. The van der Waals surface area contributed by atoms with Crippen molar-refractivity contribution in [1.82, 2.24) is 15.3 Å². The van der Waals surface area contributed by atoms with Gasteiger partial charge < -0.3 is 10.3 Å². The highest BCUT2D eigenvalue weighted by atomic mass is 16.6. The number of hydrogen-bond donors (Lipinski definition) is 2. The zero-order chi connectivity index (χ0) is 12.8. The largest absolute Gasteiger partial charge is 0.349 e. The first-order chi connectivity index (χ1) is 8.75. The summed E-state index contributed by atoms with van der Waals surface area (Å²) in [6.45, 7) is 1.39. The van der Waals surface area contributed by atoms with Crippen molar-refractivity contribution >= 4 is 5.69 Å². The van der Waals surface area contributed by atoms with Crippen LogP contribution in [0, 0.1) is 10.1 Å². The summed E-state index contributed by atoms with van der Waals surface area (Å²) in [5.74, 6) is 0.932. The number of aromatic nitrogens is 2. The molecule has 0 saturated heterocycles. The Kier molecular flexibility index (Phi) is 4.03. The number of rotatable bonds is 6. The van der Waals surface area contributed by atoms with E-state index in [4.69, 9.17) is 0 Å².